The molecule has 0 unspecified atom stereocenters. The Balaban J connectivity index is 1.26. The molecule has 2 saturated heterocycles. The summed E-state index contributed by atoms with van der Waals surface area (Å²) in [5.41, 5.74) is 1.48. The Morgan fingerprint density at radius 3 is 2.13 bits per heavy atom. The van der Waals surface area contributed by atoms with Crippen molar-refractivity contribution in [1.29, 1.82) is 0 Å². The number of thiazole rings is 1. The number of hydrogen-bond acceptors (Lipinski definition) is 14. The SMILES string of the molecule is COC(=O)C(CC#Cc1ccc2c(c1)[C@]1(C(=O)N2C(=O)N[C@H](C)c2ccccc2)[C@H](c2cccc(OCCO)c2)N2[C@H](c3ccccc3)[C@H](c3ccccc3)OC(=O)[C@H]2[C@@H]1C(=O)Nc1nc2ccccc2s1)C(=O)OC. The number of benzene rings is 6. The van der Waals surface area contributed by atoms with Crippen LogP contribution < -0.4 is 20.3 Å². The van der Waals surface area contributed by atoms with Crippen molar-refractivity contribution < 1.29 is 52.8 Å². The number of amides is 4. The normalized spacial score (nSPS) is 21.0. The number of para-hydroxylation sites is 1. The van der Waals surface area contributed by atoms with Crippen LogP contribution in [0.5, 0.6) is 5.75 Å². The third-order valence-electron chi connectivity index (χ3n) is 14.2. The fourth-order valence-electron chi connectivity index (χ4n) is 10.9. The van der Waals surface area contributed by atoms with E-state index in [0.29, 0.717) is 28.0 Å². The Morgan fingerprint density at radius 1 is 0.789 bits per heavy atom. The van der Waals surface area contributed by atoms with Gasteiger partial charge in [0.25, 0.3) is 0 Å². The summed E-state index contributed by atoms with van der Waals surface area (Å²) in [5.74, 6) is -0.868. The first-order chi connectivity index (χ1) is 37.0. The molecule has 16 nitrogen and oxygen atoms in total. The molecule has 0 radical (unpaired) electrons. The van der Waals surface area contributed by atoms with E-state index in [4.69, 9.17) is 23.9 Å². The van der Waals surface area contributed by atoms with Crippen LogP contribution in [0.3, 0.4) is 0 Å². The maximum absolute atomic E-state index is 16.9. The number of carbonyl (C=O) groups is 6. The van der Waals surface area contributed by atoms with Crippen molar-refractivity contribution >= 4 is 68.1 Å². The molecule has 1 spiro atoms. The van der Waals surface area contributed by atoms with Crippen LogP contribution in [0.1, 0.15) is 71.0 Å². The van der Waals surface area contributed by atoms with Crippen LogP contribution in [-0.2, 0) is 43.6 Å². The molecule has 2 fully saturated rings. The number of morpholine rings is 1. The monoisotopic (exact) mass is 1040 g/mol. The lowest BCUT2D eigenvalue weighted by Gasteiger charge is -2.46. The molecule has 3 aliphatic heterocycles. The maximum atomic E-state index is 16.9. The third-order valence-corrected chi connectivity index (χ3v) is 15.1. The molecule has 4 heterocycles. The number of carbonyl (C=O) groups excluding carboxylic acids is 6. The van der Waals surface area contributed by atoms with E-state index in [-0.39, 0.29) is 41.6 Å². The number of rotatable bonds is 13. The Bertz CT molecular complexity index is 3370. The average Bonchev–Trinajstić information content (AvgIpc) is 4.15. The number of aliphatic hydroxyl groups is 1. The number of imide groups is 1. The lowest BCUT2D eigenvalue weighted by molar-refractivity contribution is -0.178. The van der Waals surface area contributed by atoms with E-state index in [0.717, 1.165) is 29.4 Å². The van der Waals surface area contributed by atoms with Crippen molar-refractivity contribution in [1.82, 2.24) is 15.2 Å². The number of urea groups is 1. The zero-order chi connectivity index (χ0) is 53.1. The van der Waals surface area contributed by atoms with Gasteiger partial charge in [-0.15, -0.1) is 0 Å². The van der Waals surface area contributed by atoms with Crippen LogP contribution in [0, 0.1) is 23.7 Å². The summed E-state index contributed by atoms with van der Waals surface area (Å²) in [4.78, 5) is 97.0. The minimum atomic E-state index is -2.19. The second kappa shape index (κ2) is 21.6. The number of aromatic nitrogens is 1. The van der Waals surface area contributed by atoms with Gasteiger partial charge >= 0.3 is 23.9 Å². The average molecular weight is 1040 g/mol. The molecule has 3 N–H and O–H groups in total. The molecule has 76 heavy (non-hydrogen) atoms. The Hall–Kier alpha value is -8.69. The third kappa shape index (κ3) is 9.20. The van der Waals surface area contributed by atoms with Gasteiger partial charge in [-0.25, -0.2) is 14.7 Å². The number of nitrogens with zero attached hydrogens (tertiary/aromatic N) is 3. The molecule has 4 amide bonds. The van der Waals surface area contributed by atoms with Crippen LogP contribution in [0.4, 0.5) is 15.6 Å². The van der Waals surface area contributed by atoms with E-state index in [1.807, 2.05) is 114 Å². The Kier molecular flexibility index (Phi) is 14.5. The van der Waals surface area contributed by atoms with E-state index in [1.54, 1.807) is 55.5 Å². The number of nitrogens with one attached hydrogen (secondary N) is 2. The molecular weight excluding hydrogens is 987 g/mol. The quantitative estimate of drug-likeness (QED) is 0.0433. The van der Waals surface area contributed by atoms with Crippen LogP contribution in [0.2, 0.25) is 0 Å². The van der Waals surface area contributed by atoms with Crippen LogP contribution in [0.25, 0.3) is 10.2 Å². The van der Waals surface area contributed by atoms with Gasteiger partial charge in [-0.3, -0.25) is 28.9 Å². The summed E-state index contributed by atoms with van der Waals surface area (Å²) < 4.78 is 23.2. The number of methoxy groups -OCH3 is 2. The summed E-state index contributed by atoms with van der Waals surface area (Å²) in [6.07, 6.45) is -1.30. The van der Waals surface area contributed by atoms with Gasteiger partial charge < -0.3 is 34.7 Å². The van der Waals surface area contributed by atoms with E-state index >= 15 is 19.2 Å². The molecule has 0 aliphatic carbocycles. The fourth-order valence-corrected chi connectivity index (χ4v) is 11.8. The van der Waals surface area contributed by atoms with Crippen molar-refractivity contribution in [3.63, 3.8) is 0 Å². The topological polar surface area (TPSA) is 203 Å². The highest BCUT2D eigenvalue weighted by Gasteiger charge is 2.75. The lowest BCUT2D eigenvalue weighted by Crippen LogP contribution is -2.55. The number of fused-ring (bicyclic) bond motifs is 4. The molecule has 0 bridgehead atoms. The summed E-state index contributed by atoms with van der Waals surface area (Å²) >= 11 is 1.21. The lowest BCUT2D eigenvalue weighted by atomic mass is 9.65. The molecule has 3 aliphatic rings. The molecular formula is C59H51N5O11S. The first-order valence-electron chi connectivity index (χ1n) is 24.5. The summed E-state index contributed by atoms with van der Waals surface area (Å²) in [6.45, 7) is 1.41. The van der Waals surface area contributed by atoms with Crippen molar-refractivity contribution in [2.45, 2.75) is 49.0 Å². The number of anilines is 2. The van der Waals surface area contributed by atoms with E-state index < -0.39 is 83.3 Å². The number of ether oxygens (including phenoxy) is 4. The zero-order valence-electron chi connectivity index (χ0n) is 41.5. The fraction of sp³-hybridized carbons (Fsp3) is 0.237. The molecule has 10 rings (SSSR count). The van der Waals surface area contributed by atoms with Crippen molar-refractivity contribution in [3.05, 3.63) is 191 Å². The number of esters is 3. The van der Waals surface area contributed by atoms with E-state index in [2.05, 4.69) is 22.5 Å². The highest BCUT2D eigenvalue weighted by Crippen LogP contribution is 2.66. The number of cyclic esters (lactones) is 1. The van der Waals surface area contributed by atoms with Gasteiger partial charge in [0, 0.05) is 12.0 Å². The van der Waals surface area contributed by atoms with Gasteiger partial charge in [-0.2, -0.15) is 0 Å². The minimum Gasteiger partial charge on any atom is -0.491 e. The summed E-state index contributed by atoms with van der Waals surface area (Å²) in [6, 6.07) is 41.7. The van der Waals surface area contributed by atoms with Crippen molar-refractivity contribution in [3.8, 4) is 17.6 Å². The molecule has 7 aromatic rings. The standard InChI is InChI=1S/C59H51N5O11S/c1-35(37-18-7-4-8-19-37)60-58(71)63-45-30-29-36(17-15-26-42(53(67)72-2)54(68)73-3)33-43(45)59(56(63)70)47(52(66)62-57-61-44-27-13-14-28-46(44)76-57)49-55(69)75-50(39-22-11-6-12-23-39)48(38-20-9-5-10-21-38)64(49)51(59)40-24-16-25-41(34-40)74-32-31-65/h4-14,16,18-25,27-30,33-35,42,47-51,65H,26,31-32H2,1-3H3,(H,60,71)(H,61,62,66)/t35-,47-,48-,49-,50+,51+,59-/m1/s1. The van der Waals surface area contributed by atoms with Crippen LogP contribution in [0.15, 0.2) is 158 Å². The first-order valence-corrected chi connectivity index (χ1v) is 25.4. The number of aliphatic hydroxyl groups excluding tert-OH is 1. The van der Waals surface area contributed by atoms with Crippen LogP contribution >= 0.6 is 11.3 Å². The van der Waals surface area contributed by atoms with E-state index in [9.17, 15) is 14.7 Å². The molecule has 1 aromatic heterocycles. The largest absolute Gasteiger partial charge is 0.491 e. The predicted molar refractivity (Wildman–Crippen MR) is 282 cm³/mol. The summed E-state index contributed by atoms with van der Waals surface area (Å²) in [7, 11) is 2.30. The smallest absolute Gasteiger partial charge is 0.329 e. The highest BCUT2D eigenvalue weighted by molar-refractivity contribution is 7.22. The van der Waals surface area contributed by atoms with Gasteiger partial charge in [0.2, 0.25) is 11.8 Å². The molecule has 6 aromatic carbocycles. The first kappa shape index (κ1) is 50.8. The van der Waals surface area contributed by atoms with Crippen LogP contribution in [-0.4, -0.2) is 84.2 Å². The maximum Gasteiger partial charge on any atom is 0.329 e. The van der Waals surface area contributed by atoms with Gasteiger partial charge in [0.1, 0.15) is 29.9 Å². The van der Waals surface area contributed by atoms with Gasteiger partial charge in [0.05, 0.1) is 60.8 Å². The van der Waals surface area contributed by atoms with E-state index in [1.165, 1.54) is 11.3 Å². The minimum absolute atomic E-state index is 0.0714. The second-order valence-corrected chi connectivity index (χ2v) is 19.5. The van der Waals surface area contributed by atoms with Gasteiger partial charge in [0.15, 0.2) is 11.0 Å². The summed E-state index contributed by atoms with van der Waals surface area (Å²) in [5, 5.41) is 16.1. The molecule has 0 saturated carbocycles. The van der Waals surface area contributed by atoms with Gasteiger partial charge in [-0.05, 0) is 77.2 Å². The van der Waals surface area contributed by atoms with Crippen molar-refractivity contribution in [2.75, 3.05) is 37.7 Å². The molecule has 7 atom stereocenters. The second-order valence-electron chi connectivity index (χ2n) is 18.4. The number of hydrogen-bond donors (Lipinski definition) is 3. The Morgan fingerprint density at radius 2 is 1.45 bits per heavy atom. The van der Waals surface area contributed by atoms with Gasteiger partial charge in [-0.1, -0.05) is 138 Å². The zero-order valence-corrected chi connectivity index (χ0v) is 42.3. The predicted octanol–water partition coefficient (Wildman–Crippen LogP) is 8.15. The molecule has 17 heteroatoms. The van der Waals surface area contributed by atoms with Crippen molar-refractivity contribution in [2.24, 2.45) is 11.8 Å². The molecule has 384 valence electrons. The highest BCUT2D eigenvalue weighted by atomic mass is 32.1. The Labute approximate surface area is 441 Å².